The number of aryl methyl sites for hydroxylation is 1. The van der Waals surface area contributed by atoms with Crippen molar-refractivity contribution < 1.29 is 18.0 Å². The van der Waals surface area contributed by atoms with E-state index in [1.54, 1.807) is 41.3 Å². The Balaban J connectivity index is 1.51. The van der Waals surface area contributed by atoms with E-state index in [9.17, 15) is 18.0 Å². The lowest BCUT2D eigenvalue weighted by Crippen LogP contribution is -2.28. The topological polar surface area (TPSA) is 95.6 Å². The van der Waals surface area contributed by atoms with E-state index in [2.05, 4.69) is 10.0 Å². The van der Waals surface area contributed by atoms with Crippen LogP contribution in [-0.4, -0.2) is 38.2 Å². The Hall–Kier alpha value is -3.36. The van der Waals surface area contributed by atoms with Gasteiger partial charge in [0, 0.05) is 18.7 Å². The van der Waals surface area contributed by atoms with Crippen molar-refractivity contribution in [3.8, 4) is 0 Å². The number of carbonyl (C=O) groups excluding carboxylic acids is 2. The minimum Gasteiger partial charge on any atom is -0.339 e. The second kappa shape index (κ2) is 9.87. The number of likely N-dealkylation sites (tertiary alicyclic amines) is 1. The van der Waals surface area contributed by atoms with Crippen molar-refractivity contribution >= 4 is 44.8 Å². The molecule has 1 heterocycles. The van der Waals surface area contributed by atoms with E-state index in [4.69, 9.17) is 11.6 Å². The number of anilines is 2. The molecule has 0 aliphatic carbocycles. The third-order valence-corrected chi connectivity index (χ3v) is 7.30. The van der Waals surface area contributed by atoms with Gasteiger partial charge >= 0.3 is 0 Å². The first kappa shape index (κ1) is 23.8. The second-order valence-corrected chi connectivity index (χ2v) is 10.2. The molecule has 0 spiro atoms. The Morgan fingerprint density at radius 3 is 2.26 bits per heavy atom. The summed E-state index contributed by atoms with van der Waals surface area (Å²) in [7, 11) is -3.83. The molecule has 0 bridgehead atoms. The van der Waals surface area contributed by atoms with Crippen molar-refractivity contribution in [1.82, 2.24) is 4.90 Å². The summed E-state index contributed by atoms with van der Waals surface area (Å²) >= 11 is 6.30. The van der Waals surface area contributed by atoms with Gasteiger partial charge in [0.25, 0.3) is 21.8 Å². The van der Waals surface area contributed by atoms with Gasteiger partial charge in [-0.2, -0.15) is 0 Å². The third-order valence-electron chi connectivity index (χ3n) is 5.61. The van der Waals surface area contributed by atoms with Gasteiger partial charge in [0.2, 0.25) is 0 Å². The molecule has 9 heteroatoms. The number of amides is 2. The number of para-hydroxylation sites is 1. The van der Waals surface area contributed by atoms with Crippen LogP contribution in [0.25, 0.3) is 0 Å². The van der Waals surface area contributed by atoms with E-state index in [0.29, 0.717) is 24.3 Å². The molecule has 2 amide bonds. The number of hydrogen-bond acceptors (Lipinski definition) is 4. The van der Waals surface area contributed by atoms with Crippen molar-refractivity contribution in [1.29, 1.82) is 0 Å². The summed E-state index contributed by atoms with van der Waals surface area (Å²) in [5, 5.41) is 2.85. The molecule has 0 unspecified atom stereocenters. The Morgan fingerprint density at radius 1 is 0.912 bits per heavy atom. The zero-order chi connectivity index (χ0) is 24.3. The van der Waals surface area contributed by atoms with Gasteiger partial charge in [-0.3, -0.25) is 14.3 Å². The van der Waals surface area contributed by atoms with Crippen LogP contribution in [0.2, 0.25) is 5.02 Å². The van der Waals surface area contributed by atoms with Crippen LogP contribution in [0, 0.1) is 6.92 Å². The Labute approximate surface area is 203 Å². The van der Waals surface area contributed by atoms with E-state index in [1.165, 1.54) is 30.3 Å². The van der Waals surface area contributed by atoms with Crippen LogP contribution in [0.5, 0.6) is 0 Å². The molecule has 2 N–H and O–H groups in total. The summed E-state index contributed by atoms with van der Waals surface area (Å²) in [5.74, 6) is -0.580. The maximum absolute atomic E-state index is 12.9. The van der Waals surface area contributed by atoms with E-state index >= 15 is 0 Å². The summed E-state index contributed by atoms with van der Waals surface area (Å²) in [6, 6.07) is 17.6. The highest BCUT2D eigenvalue weighted by atomic mass is 35.5. The number of halogens is 1. The molecular formula is C25H24ClN3O4S. The number of nitrogens with zero attached hydrogens (tertiary/aromatic N) is 1. The molecule has 1 aliphatic rings. The molecule has 3 aromatic carbocycles. The second-order valence-electron chi connectivity index (χ2n) is 8.11. The SMILES string of the molecule is Cc1ccc(S(=O)(=O)Nc2ccc(C(=O)Nc3ccccc3C(=O)N3CCCC3)cc2Cl)cc1. The van der Waals surface area contributed by atoms with Crippen molar-refractivity contribution in [3.05, 3.63) is 88.4 Å². The fourth-order valence-corrected chi connectivity index (χ4v) is 5.09. The Morgan fingerprint density at radius 2 is 1.59 bits per heavy atom. The molecule has 0 aromatic heterocycles. The predicted molar refractivity (Wildman–Crippen MR) is 133 cm³/mol. The summed E-state index contributed by atoms with van der Waals surface area (Å²) in [5.41, 5.74) is 2.15. The van der Waals surface area contributed by atoms with E-state index in [1.807, 2.05) is 6.92 Å². The highest BCUT2D eigenvalue weighted by Gasteiger charge is 2.23. The Bertz CT molecular complexity index is 1330. The fraction of sp³-hybridized carbons (Fsp3) is 0.200. The van der Waals surface area contributed by atoms with Crippen molar-refractivity contribution in [2.75, 3.05) is 23.1 Å². The van der Waals surface area contributed by atoms with E-state index in [0.717, 1.165) is 18.4 Å². The number of rotatable bonds is 6. The number of benzene rings is 3. The molecule has 1 aliphatic heterocycles. The van der Waals surface area contributed by atoms with Crippen molar-refractivity contribution in [2.45, 2.75) is 24.7 Å². The third kappa shape index (κ3) is 5.24. The highest BCUT2D eigenvalue weighted by molar-refractivity contribution is 7.92. The zero-order valence-electron chi connectivity index (χ0n) is 18.5. The summed E-state index contributed by atoms with van der Waals surface area (Å²) in [6.07, 6.45) is 1.94. The van der Waals surface area contributed by atoms with Gasteiger partial charge in [0.1, 0.15) is 0 Å². The first-order valence-electron chi connectivity index (χ1n) is 10.8. The molecule has 1 fully saturated rings. The molecule has 34 heavy (non-hydrogen) atoms. The maximum atomic E-state index is 12.9. The van der Waals surface area contributed by atoms with Crippen molar-refractivity contribution in [2.24, 2.45) is 0 Å². The average molecular weight is 498 g/mol. The Kier molecular flexibility index (Phi) is 6.90. The lowest BCUT2D eigenvalue weighted by atomic mass is 10.1. The van der Waals surface area contributed by atoms with Gasteiger partial charge in [0.15, 0.2) is 0 Å². The van der Waals surface area contributed by atoms with Crippen LogP contribution in [0.4, 0.5) is 11.4 Å². The van der Waals surface area contributed by atoms with Crippen LogP contribution in [0.3, 0.4) is 0 Å². The number of carbonyl (C=O) groups is 2. The van der Waals surface area contributed by atoms with Gasteiger partial charge in [-0.15, -0.1) is 0 Å². The molecule has 1 saturated heterocycles. The minimum atomic E-state index is -3.83. The molecule has 4 rings (SSSR count). The summed E-state index contributed by atoms with van der Waals surface area (Å²) in [4.78, 5) is 27.6. The van der Waals surface area contributed by atoms with Crippen LogP contribution >= 0.6 is 11.6 Å². The molecule has 0 atom stereocenters. The summed E-state index contributed by atoms with van der Waals surface area (Å²) < 4.78 is 27.8. The lowest BCUT2D eigenvalue weighted by molar-refractivity contribution is 0.0794. The number of nitrogens with one attached hydrogen (secondary N) is 2. The largest absolute Gasteiger partial charge is 0.339 e. The van der Waals surface area contributed by atoms with E-state index in [-0.39, 0.29) is 27.1 Å². The quantitative estimate of drug-likeness (QED) is 0.504. The van der Waals surface area contributed by atoms with E-state index < -0.39 is 15.9 Å². The molecule has 0 saturated carbocycles. The smallest absolute Gasteiger partial charge is 0.261 e. The molecule has 0 radical (unpaired) electrons. The first-order valence-corrected chi connectivity index (χ1v) is 12.7. The average Bonchev–Trinajstić information content (AvgIpc) is 3.35. The minimum absolute atomic E-state index is 0.0739. The van der Waals surface area contributed by atoms with Crippen LogP contribution in [0.15, 0.2) is 71.6 Å². The van der Waals surface area contributed by atoms with Gasteiger partial charge in [0.05, 0.1) is 26.9 Å². The first-order chi connectivity index (χ1) is 16.2. The van der Waals surface area contributed by atoms with Crippen LogP contribution in [-0.2, 0) is 10.0 Å². The van der Waals surface area contributed by atoms with Gasteiger partial charge < -0.3 is 10.2 Å². The van der Waals surface area contributed by atoms with Gasteiger partial charge in [-0.05, 0) is 62.2 Å². The standard InChI is InChI=1S/C25H24ClN3O4S/c1-17-8-11-19(12-9-17)34(32,33)28-23-13-10-18(16-21(23)26)24(30)27-22-7-3-2-6-20(22)25(31)29-14-4-5-15-29/h2-3,6-13,16,28H,4-5,14-15H2,1H3,(H,27,30). The maximum Gasteiger partial charge on any atom is 0.261 e. The predicted octanol–water partition coefficient (Wildman–Crippen LogP) is 4.94. The monoisotopic (exact) mass is 497 g/mol. The molecule has 176 valence electrons. The van der Waals surface area contributed by atoms with Gasteiger partial charge in [-0.1, -0.05) is 41.4 Å². The highest BCUT2D eigenvalue weighted by Crippen LogP contribution is 2.27. The molecular weight excluding hydrogens is 474 g/mol. The van der Waals surface area contributed by atoms with Gasteiger partial charge in [-0.25, -0.2) is 8.42 Å². The van der Waals surface area contributed by atoms with Crippen LogP contribution < -0.4 is 10.0 Å². The summed E-state index contributed by atoms with van der Waals surface area (Å²) in [6.45, 7) is 3.28. The number of sulfonamides is 1. The lowest BCUT2D eigenvalue weighted by Gasteiger charge is -2.18. The van der Waals surface area contributed by atoms with Crippen molar-refractivity contribution in [3.63, 3.8) is 0 Å². The van der Waals surface area contributed by atoms with Crippen LogP contribution in [0.1, 0.15) is 39.1 Å². The zero-order valence-corrected chi connectivity index (χ0v) is 20.1. The molecule has 3 aromatic rings. The number of hydrogen-bond donors (Lipinski definition) is 2. The molecule has 7 nitrogen and oxygen atoms in total. The fourth-order valence-electron chi connectivity index (χ4n) is 3.72. The normalized spacial score (nSPS) is 13.5.